The Morgan fingerprint density at radius 2 is 1.19 bits per heavy atom. The van der Waals surface area contributed by atoms with Crippen molar-refractivity contribution in [2.75, 3.05) is 23.1 Å². The molecule has 0 aromatic carbocycles. The van der Waals surface area contributed by atoms with E-state index in [-0.39, 0.29) is 12.1 Å². The highest BCUT2D eigenvalue weighted by Crippen LogP contribution is 2.47. The fraction of sp³-hybridized carbons (Fsp3) is 0.750. The zero-order chi connectivity index (χ0) is 19.4. The van der Waals surface area contributed by atoms with Crippen LogP contribution in [0, 0.1) is 0 Å². The van der Waals surface area contributed by atoms with Crippen molar-refractivity contribution in [2.24, 2.45) is 0 Å². The van der Waals surface area contributed by atoms with E-state index in [2.05, 4.69) is 20.6 Å². The fourth-order valence-corrected chi connectivity index (χ4v) is 6.81. The van der Waals surface area contributed by atoms with E-state index in [1.165, 1.54) is 18.8 Å². The summed E-state index contributed by atoms with van der Waals surface area (Å²) in [5.41, 5.74) is 0. The maximum Gasteiger partial charge on any atom is 0.155 e. The van der Waals surface area contributed by atoms with Gasteiger partial charge in [-0.3, -0.25) is 0 Å². The number of nitrogens with zero attached hydrogens (tertiary/aromatic N) is 2. The highest BCUT2D eigenvalue weighted by atomic mass is 32.2. The summed E-state index contributed by atoms with van der Waals surface area (Å²) in [5, 5.41) is 6.32. The molecule has 2 aliphatic rings. The SMILES string of the molecule is C[C@@H](Nc1cc(N[C@H](C)C2(S(C)(=O)=O)CC2)ncn1)C1(S(C)(=O)=O)CC1. The minimum absolute atomic E-state index is 0.275. The van der Waals surface area contributed by atoms with Gasteiger partial charge in [-0.1, -0.05) is 0 Å². The van der Waals surface area contributed by atoms with Crippen molar-refractivity contribution >= 4 is 31.3 Å². The number of aromatic nitrogens is 2. The predicted molar refractivity (Wildman–Crippen MR) is 102 cm³/mol. The summed E-state index contributed by atoms with van der Waals surface area (Å²) in [5.74, 6) is 1.03. The molecule has 2 N–H and O–H groups in total. The largest absolute Gasteiger partial charge is 0.366 e. The van der Waals surface area contributed by atoms with Crippen LogP contribution in [0.5, 0.6) is 0 Å². The molecule has 2 atom stereocenters. The van der Waals surface area contributed by atoms with E-state index in [1.807, 2.05) is 13.8 Å². The molecule has 8 nitrogen and oxygen atoms in total. The molecular weight excluding hydrogens is 376 g/mol. The molecule has 0 aliphatic heterocycles. The van der Waals surface area contributed by atoms with Crippen molar-refractivity contribution in [3.63, 3.8) is 0 Å². The Morgan fingerprint density at radius 3 is 1.46 bits per heavy atom. The summed E-state index contributed by atoms with van der Waals surface area (Å²) in [6.45, 7) is 3.68. The first-order valence-electron chi connectivity index (χ1n) is 8.66. The van der Waals surface area contributed by atoms with E-state index in [4.69, 9.17) is 0 Å². The van der Waals surface area contributed by atoms with Gasteiger partial charge in [0.1, 0.15) is 18.0 Å². The zero-order valence-electron chi connectivity index (χ0n) is 15.5. The van der Waals surface area contributed by atoms with E-state index < -0.39 is 29.2 Å². The van der Waals surface area contributed by atoms with Crippen LogP contribution in [-0.2, 0) is 19.7 Å². The van der Waals surface area contributed by atoms with Crippen LogP contribution in [0.1, 0.15) is 39.5 Å². The molecule has 2 saturated carbocycles. The van der Waals surface area contributed by atoms with E-state index in [0.717, 1.165) is 0 Å². The van der Waals surface area contributed by atoms with Crippen LogP contribution in [0.3, 0.4) is 0 Å². The Balaban J connectivity index is 1.72. The van der Waals surface area contributed by atoms with Gasteiger partial charge in [-0.25, -0.2) is 26.8 Å². The molecule has 0 unspecified atom stereocenters. The molecule has 1 heterocycles. The molecule has 0 saturated heterocycles. The lowest BCUT2D eigenvalue weighted by atomic mass is 10.2. The van der Waals surface area contributed by atoms with Gasteiger partial charge in [0, 0.05) is 30.7 Å². The first-order chi connectivity index (χ1) is 11.9. The summed E-state index contributed by atoms with van der Waals surface area (Å²) in [4.78, 5) is 8.32. The standard InChI is InChI=1S/C16H26N4O4S2/c1-11(15(5-6-15)25(3,21)22)19-13-9-14(18-10-17-13)20-12(2)16(7-8-16)26(4,23)24/h9-12H,5-8H2,1-4H3,(H2,17,18,19,20)/t11-,12-/m1/s1. The van der Waals surface area contributed by atoms with Gasteiger partial charge in [0.25, 0.3) is 0 Å². The van der Waals surface area contributed by atoms with Crippen molar-refractivity contribution in [1.82, 2.24) is 9.97 Å². The molecule has 10 heteroatoms. The molecule has 0 spiro atoms. The van der Waals surface area contributed by atoms with Crippen LogP contribution in [-0.4, -0.2) is 60.9 Å². The van der Waals surface area contributed by atoms with Gasteiger partial charge >= 0.3 is 0 Å². The number of hydrogen-bond donors (Lipinski definition) is 2. The van der Waals surface area contributed by atoms with E-state index >= 15 is 0 Å². The van der Waals surface area contributed by atoms with E-state index in [9.17, 15) is 16.8 Å². The van der Waals surface area contributed by atoms with Crippen LogP contribution in [0.2, 0.25) is 0 Å². The molecular formula is C16H26N4O4S2. The van der Waals surface area contributed by atoms with Gasteiger partial charge < -0.3 is 10.6 Å². The molecule has 1 aromatic rings. The molecule has 146 valence electrons. The second-order valence-corrected chi connectivity index (χ2v) is 12.4. The van der Waals surface area contributed by atoms with Crippen LogP contribution in [0.4, 0.5) is 11.6 Å². The number of rotatable bonds is 8. The van der Waals surface area contributed by atoms with Gasteiger partial charge in [0.05, 0.1) is 9.49 Å². The van der Waals surface area contributed by atoms with Gasteiger partial charge in [-0.15, -0.1) is 0 Å². The minimum atomic E-state index is -3.16. The first-order valence-corrected chi connectivity index (χ1v) is 12.4. The van der Waals surface area contributed by atoms with Gasteiger partial charge in [0.15, 0.2) is 19.7 Å². The van der Waals surface area contributed by atoms with Gasteiger partial charge in [-0.05, 0) is 39.5 Å². The highest BCUT2D eigenvalue weighted by molar-refractivity contribution is 7.92. The Kier molecular flexibility index (Phi) is 4.50. The Bertz CT molecular complexity index is 835. The highest BCUT2D eigenvalue weighted by Gasteiger charge is 2.57. The predicted octanol–water partition coefficient (Wildman–Crippen LogP) is 1.23. The second kappa shape index (κ2) is 6.05. The Hall–Kier alpha value is -1.42. The summed E-state index contributed by atoms with van der Waals surface area (Å²) in [7, 11) is -6.31. The molecule has 0 amide bonds. The molecule has 2 aliphatic carbocycles. The van der Waals surface area contributed by atoms with Gasteiger partial charge in [0.2, 0.25) is 0 Å². The van der Waals surface area contributed by atoms with E-state index in [1.54, 1.807) is 6.07 Å². The monoisotopic (exact) mass is 402 g/mol. The quantitative estimate of drug-likeness (QED) is 0.667. The van der Waals surface area contributed by atoms with Crippen LogP contribution >= 0.6 is 0 Å². The molecule has 26 heavy (non-hydrogen) atoms. The normalized spacial score (nSPS) is 22.9. The van der Waals surface area contributed by atoms with Crippen molar-refractivity contribution in [1.29, 1.82) is 0 Å². The van der Waals surface area contributed by atoms with Crippen molar-refractivity contribution < 1.29 is 16.8 Å². The average molecular weight is 403 g/mol. The number of sulfone groups is 2. The molecule has 0 radical (unpaired) electrons. The summed E-state index contributed by atoms with van der Waals surface area (Å²) in [6, 6.07) is 1.14. The lowest BCUT2D eigenvalue weighted by Crippen LogP contribution is -2.40. The fourth-order valence-electron chi connectivity index (χ4n) is 3.72. The third kappa shape index (κ3) is 3.28. The lowest BCUT2D eigenvalue weighted by molar-refractivity contribution is 0.567. The van der Waals surface area contributed by atoms with E-state index in [0.29, 0.717) is 37.3 Å². The Labute approximate surface area is 155 Å². The zero-order valence-corrected chi connectivity index (χ0v) is 17.1. The Morgan fingerprint density at radius 1 is 0.846 bits per heavy atom. The van der Waals surface area contributed by atoms with Gasteiger partial charge in [-0.2, -0.15) is 0 Å². The smallest absolute Gasteiger partial charge is 0.155 e. The number of anilines is 2. The maximum absolute atomic E-state index is 12.0. The first kappa shape index (κ1) is 19.3. The average Bonchev–Trinajstić information content (AvgIpc) is 3.36. The lowest BCUT2D eigenvalue weighted by Gasteiger charge is -2.25. The molecule has 1 aromatic heterocycles. The maximum atomic E-state index is 12.0. The van der Waals surface area contributed by atoms with Crippen LogP contribution < -0.4 is 10.6 Å². The second-order valence-electron chi connectivity index (χ2n) is 7.69. The van der Waals surface area contributed by atoms with Crippen LogP contribution in [0.25, 0.3) is 0 Å². The van der Waals surface area contributed by atoms with Crippen molar-refractivity contribution in [2.45, 2.75) is 61.1 Å². The van der Waals surface area contributed by atoms with Crippen LogP contribution in [0.15, 0.2) is 12.4 Å². The van der Waals surface area contributed by atoms with Crippen molar-refractivity contribution in [3.8, 4) is 0 Å². The number of nitrogens with one attached hydrogen (secondary N) is 2. The summed E-state index contributed by atoms with van der Waals surface area (Å²) >= 11 is 0. The summed E-state index contributed by atoms with van der Waals surface area (Å²) < 4.78 is 46.7. The third-order valence-corrected chi connectivity index (χ3v) is 10.4. The summed E-state index contributed by atoms with van der Waals surface area (Å²) in [6.07, 6.45) is 6.49. The molecule has 0 bridgehead atoms. The van der Waals surface area contributed by atoms with Crippen molar-refractivity contribution in [3.05, 3.63) is 12.4 Å². The third-order valence-electron chi connectivity index (χ3n) is 5.94. The minimum Gasteiger partial charge on any atom is -0.366 e. The number of hydrogen-bond acceptors (Lipinski definition) is 8. The molecule has 2 fully saturated rings. The topological polar surface area (TPSA) is 118 Å². The molecule has 3 rings (SSSR count).